The summed E-state index contributed by atoms with van der Waals surface area (Å²) in [5.41, 5.74) is 8.37. The quantitative estimate of drug-likeness (QED) is 0.583. The molecule has 7 heteroatoms. The summed E-state index contributed by atoms with van der Waals surface area (Å²) < 4.78 is 2.18. The van der Waals surface area contributed by atoms with Gasteiger partial charge >= 0.3 is 6.03 Å². The molecule has 0 aliphatic heterocycles. The Morgan fingerprint density at radius 2 is 1.88 bits per heavy atom. The van der Waals surface area contributed by atoms with Gasteiger partial charge in [0.15, 0.2) is 10.9 Å². The van der Waals surface area contributed by atoms with Crippen LogP contribution >= 0.6 is 11.8 Å². The largest absolute Gasteiger partial charge is 0.351 e. The maximum atomic E-state index is 12.4. The second kappa shape index (κ2) is 8.20. The summed E-state index contributed by atoms with van der Waals surface area (Å²) in [4.78, 5) is 27.8. The van der Waals surface area contributed by atoms with Crippen LogP contribution in [0.1, 0.15) is 35.6 Å². The molecule has 2 amide bonds. The molecule has 134 valence electrons. The molecule has 0 radical (unpaired) electrons. The molecule has 0 spiro atoms. The van der Waals surface area contributed by atoms with Crippen LogP contribution in [0.25, 0.3) is 0 Å². The molecule has 0 bridgehead atoms. The molecule has 0 atom stereocenters. The fourth-order valence-corrected chi connectivity index (χ4v) is 3.40. The van der Waals surface area contributed by atoms with Crippen LogP contribution in [0.5, 0.6) is 0 Å². The number of nitrogens with one attached hydrogen (secondary N) is 1. The molecule has 2 rings (SSSR count). The number of thioether (sulfide) groups is 1. The number of anilines is 1. The Labute approximate surface area is 152 Å². The summed E-state index contributed by atoms with van der Waals surface area (Å²) in [7, 11) is 0. The second-order valence-electron chi connectivity index (χ2n) is 6.35. The molecule has 0 aliphatic rings. The summed E-state index contributed by atoms with van der Waals surface area (Å²) in [5.74, 6) is 0.842. The SMILES string of the molecule is Cc1nc(SCC(=O)c2ccc(NC(N)=O)cc2)n(CC(C)C)c1C. The Bertz CT molecular complexity index is 766. The van der Waals surface area contributed by atoms with E-state index in [9.17, 15) is 9.59 Å². The number of imidazole rings is 1. The zero-order valence-electron chi connectivity index (χ0n) is 15.0. The summed E-state index contributed by atoms with van der Waals surface area (Å²) in [6.45, 7) is 9.26. The van der Waals surface area contributed by atoms with Crippen LogP contribution in [-0.4, -0.2) is 27.1 Å². The number of carbonyl (C=O) groups is 2. The highest BCUT2D eigenvalue weighted by atomic mass is 32.2. The molecule has 6 nitrogen and oxygen atoms in total. The molecule has 1 aromatic carbocycles. The van der Waals surface area contributed by atoms with Crippen LogP contribution < -0.4 is 11.1 Å². The number of carbonyl (C=O) groups excluding carboxylic acids is 2. The Hall–Kier alpha value is -2.28. The lowest BCUT2D eigenvalue weighted by Crippen LogP contribution is -2.19. The number of aryl methyl sites for hydroxylation is 1. The number of amides is 2. The third kappa shape index (κ3) is 5.09. The fourth-order valence-electron chi connectivity index (χ4n) is 2.41. The van der Waals surface area contributed by atoms with Gasteiger partial charge in [-0.15, -0.1) is 0 Å². The minimum Gasteiger partial charge on any atom is -0.351 e. The monoisotopic (exact) mass is 360 g/mol. The number of ketones is 1. The predicted molar refractivity (Wildman–Crippen MR) is 101 cm³/mol. The van der Waals surface area contributed by atoms with Crippen LogP contribution in [0.4, 0.5) is 10.5 Å². The number of primary amides is 1. The average Bonchev–Trinajstić information content (AvgIpc) is 2.80. The van der Waals surface area contributed by atoms with Gasteiger partial charge in [-0.1, -0.05) is 25.6 Å². The van der Waals surface area contributed by atoms with Crippen molar-refractivity contribution in [1.29, 1.82) is 0 Å². The normalized spacial score (nSPS) is 10.9. The van der Waals surface area contributed by atoms with Crippen LogP contribution in [0, 0.1) is 19.8 Å². The molecule has 0 fully saturated rings. The molecule has 1 aromatic heterocycles. The molecule has 25 heavy (non-hydrogen) atoms. The van der Waals surface area contributed by atoms with Gasteiger partial charge < -0.3 is 15.6 Å². The van der Waals surface area contributed by atoms with E-state index in [0.29, 0.717) is 22.9 Å². The van der Waals surface area contributed by atoms with Crippen molar-refractivity contribution in [2.75, 3.05) is 11.1 Å². The number of urea groups is 1. The number of hydrogen-bond donors (Lipinski definition) is 2. The Kier molecular flexibility index (Phi) is 6.25. The highest BCUT2D eigenvalue weighted by Gasteiger charge is 2.15. The van der Waals surface area contributed by atoms with Crippen LogP contribution in [-0.2, 0) is 6.54 Å². The van der Waals surface area contributed by atoms with Gasteiger partial charge in [-0.05, 0) is 44.0 Å². The standard InChI is InChI=1S/C18H24N4O2S/c1-11(2)9-22-13(4)12(3)20-18(22)25-10-16(23)14-5-7-15(8-6-14)21-17(19)24/h5-8,11H,9-10H2,1-4H3,(H3,19,21,24). The number of hydrogen-bond acceptors (Lipinski definition) is 4. The van der Waals surface area contributed by atoms with Crippen molar-refractivity contribution in [3.63, 3.8) is 0 Å². The molecule has 0 unspecified atom stereocenters. The van der Waals surface area contributed by atoms with E-state index in [1.54, 1.807) is 24.3 Å². The first-order valence-electron chi connectivity index (χ1n) is 8.14. The summed E-state index contributed by atoms with van der Waals surface area (Å²) >= 11 is 1.45. The smallest absolute Gasteiger partial charge is 0.316 e. The summed E-state index contributed by atoms with van der Waals surface area (Å²) in [5, 5.41) is 3.35. The third-order valence-corrected chi connectivity index (χ3v) is 4.75. The Morgan fingerprint density at radius 3 is 2.44 bits per heavy atom. The van der Waals surface area contributed by atoms with Crippen molar-refractivity contribution in [3.8, 4) is 0 Å². The molecule has 1 heterocycles. The Balaban J connectivity index is 2.05. The van der Waals surface area contributed by atoms with E-state index in [1.807, 2.05) is 6.92 Å². The maximum absolute atomic E-state index is 12.4. The van der Waals surface area contributed by atoms with E-state index in [0.717, 1.165) is 23.1 Å². The van der Waals surface area contributed by atoms with E-state index >= 15 is 0 Å². The third-order valence-electron chi connectivity index (χ3n) is 3.78. The van der Waals surface area contributed by atoms with Crippen LogP contribution in [0.2, 0.25) is 0 Å². The van der Waals surface area contributed by atoms with Gasteiger partial charge in [-0.25, -0.2) is 9.78 Å². The van der Waals surface area contributed by atoms with E-state index in [2.05, 4.69) is 35.6 Å². The van der Waals surface area contributed by atoms with Gasteiger partial charge in [0, 0.05) is 23.5 Å². The lowest BCUT2D eigenvalue weighted by molar-refractivity contribution is 0.102. The highest BCUT2D eigenvalue weighted by Crippen LogP contribution is 2.23. The van der Waals surface area contributed by atoms with Gasteiger partial charge in [0.05, 0.1) is 11.4 Å². The number of nitrogens with zero attached hydrogens (tertiary/aromatic N) is 2. The van der Waals surface area contributed by atoms with Crippen molar-refractivity contribution in [2.45, 2.75) is 39.4 Å². The molecule has 2 aromatic rings. The molecule has 3 N–H and O–H groups in total. The summed E-state index contributed by atoms with van der Waals surface area (Å²) in [6, 6.07) is 6.07. The lowest BCUT2D eigenvalue weighted by Gasteiger charge is -2.12. The molecule has 0 aliphatic carbocycles. The Morgan fingerprint density at radius 1 is 1.24 bits per heavy atom. The number of nitrogens with two attached hydrogens (primary N) is 1. The van der Waals surface area contributed by atoms with Gasteiger partial charge in [-0.3, -0.25) is 4.79 Å². The topological polar surface area (TPSA) is 90.0 Å². The van der Waals surface area contributed by atoms with E-state index < -0.39 is 6.03 Å². The maximum Gasteiger partial charge on any atom is 0.316 e. The first kappa shape index (κ1) is 19.1. The minimum atomic E-state index is -0.627. The van der Waals surface area contributed by atoms with Crippen LogP contribution in [0.3, 0.4) is 0 Å². The van der Waals surface area contributed by atoms with Gasteiger partial charge in [0.25, 0.3) is 0 Å². The van der Waals surface area contributed by atoms with Crippen molar-refractivity contribution in [3.05, 3.63) is 41.2 Å². The predicted octanol–water partition coefficient (Wildman–Crippen LogP) is 3.62. The minimum absolute atomic E-state index is 0.0185. The first-order chi connectivity index (χ1) is 11.8. The van der Waals surface area contributed by atoms with E-state index in [1.165, 1.54) is 11.8 Å². The van der Waals surface area contributed by atoms with Crippen molar-refractivity contribution >= 4 is 29.3 Å². The van der Waals surface area contributed by atoms with Gasteiger partial charge in [0.1, 0.15) is 0 Å². The average molecular weight is 360 g/mol. The molecule has 0 saturated carbocycles. The van der Waals surface area contributed by atoms with Crippen molar-refractivity contribution < 1.29 is 9.59 Å². The van der Waals surface area contributed by atoms with Gasteiger partial charge in [0.2, 0.25) is 0 Å². The first-order valence-corrected chi connectivity index (χ1v) is 9.12. The summed E-state index contributed by atoms with van der Waals surface area (Å²) in [6.07, 6.45) is 0. The second-order valence-corrected chi connectivity index (χ2v) is 7.29. The number of benzene rings is 1. The zero-order chi connectivity index (χ0) is 18.6. The number of rotatable bonds is 7. The number of Topliss-reactive ketones (excluding diaryl/α,β-unsaturated/α-hetero) is 1. The molecular formula is C18H24N4O2S. The van der Waals surface area contributed by atoms with E-state index in [-0.39, 0.29) is 5.78 Å². The van der Waals surface area contributed by atoms with E-state index in [4.69, 9.17) is 5.73 Å². The number of aromatic nitrogens is 2. The van der Waals surface area contributed by atoms with Crippen molar-refractivity contribution in [2.24, 2.45) is 11.7 Å². The van der Waals surface area contributed by atoms with Crippen LogP contribution in [0.15, 0.2) is 29.4 Å². The van der Waals surface area contributed by atoms with Gasteiger partial charge in [-0.2, -0.15) is 0 Å². The highest BCUT2D eigenvalue weighted by molar-refractivity contribution is 7.99. The van der Waals surface area contributed by atoms with Crippen molar-refractivity contribution in [1.82, 2.24) is 9.55 Å². The molecular weight excluding hydrogens is 336 g/mol. The molecule has 0 saturated heterocycles. The fraction of sp³-hybridized carbons (Fsp3) is 0.389. The zero-order valence-corrected chi connectivity index (χ0v) is 15.8. The lowest BCUT2D eigenvalue weighted by atomic mass is 10.1.